The predicted octanol–water partition coefficient (Wildman–Crippen LogP) is 1.48. The molecule has 1 rings (SSSR count). The second kappa shape index (κ2) is 6.46. The number of hydrogen-bond donors (Lipinski definition) is 1. The highest BCUT2D eigenvalue weighted by atomic mass is 16.5. The minimum Gasteiger partial charge on any atom is -0.376 e. The van der Waals surface area contributed by atoms with Gasteiger partial charge >= 0.3 is 0 Å². The fourth-order valence-corrected chi connectivity index (χ4v) is 2.28. The molecule has 0 bridgehead atoms. The molecule has 3 nitrogen and oxygen atoms in total. The van der Waals surface area contributed by atoms with Crippen LogP contribution >= 0.6 is 0 Å². The summed E-state index contributed by atoms with van der Waals surface area (Å²) in [4.78, 5) is 2.62. The molecule has 90 valence electrons. The van der Waals surface area contributed by atoms with Gasteiger partial charge in [-0.2, -0.15) is 0 Å². The van der Waals surface area contributed by atoms with E-state index in [0.29, 0.717) is 18.2 Å². The zero-order valence-electron chi connectivity index (χ0n) is 10.6. The largest absolute Gasteiger partial charge is 0.376 e. The molecule has 1 aliphatic rings. The highest BCUT2D eigenvalue weighted by Crippen LogP contribution is 2.18. The van der Waals surface area contributed by atoms with Crippen molar-refractivity contribution < 1.29 is 4.74 Å². The Morgan fingerprint density at radius 3 is 2.87 bits per heavy atom. The van der Waals surface area contributed by atoms with E-state index in [1.165, 1.54) is 12.8 Å². The van der Waals surface area contributed by atoms with Crippen LogP contribution in [0.25, 0.3) is 0 Å². The monoisotopic (exact) mass is 214 g/mol. The molecule has 0 saturated carbocycles. The van der Waals surface area contributed by atoms with Crippen molar-refractivity contribution in [3.05, 3.63) is 0 Å². The zero-order chi connectivity index (χ0) is 11.3. The Hall–Kier alpha value is -0.120. The van der Waals surface area contributed by atoms with Crippen LogP contribution in [0, 0.1) is 0 Å². The van der Waals surface area contributed by atoms with E-state index in [-0.39, 0.29) is 0 Å². The number of ether oxygens (including phenoxy) is 1. The highest BCUT2D eigenvalue weighted by molar-refractivity contribution is 4.81. The highest BCUT2D eigenvalue weighted by Gasteiger charge is 2.28. The lowest BCUT2D eigenvalue weighted by Gasteiger charge is -2.42. The summed E-state index contributed by atoms with van der Waals surface area (Å²) in [6, 6.07) is 1.28. The number of nitrogens with zero attached hydrogens (tertiary/aromatic N) is 1. The van der Waals surface area contributed by atoms with Gasteiger partial charge in [0.05, 0.1) is 12.7 Å². The second-order valence-corrected chi connectivity index (χ2v) is 4.64. The van der Waals surface area contributed by atoms with Gasteiger partial charge < -0.3 is 10.1 Å². The summed E-state index contributed by atoms with van der Waals surface area (Å²) in [6.45, 7) is 9.85. The van der Waals surface area contributed by atoms with Crippen LogP contribution in [0.4, 0.5) is 0 Å². The van der Waals surface area contributed by atoms with Crippen LogP contribution in [-0.4, -0.2) is 49.8 Å². The van der Waals surface area contributed by atoms with Gasteiger partial charge in [0.25, 0.3) is 0 Å². The molecule has 1 saturated heterocycles. The molecule has 3 atom stereocenters. The van der Waals surface area contributed by atoms with E-state index >= 15 is 0 Å². The van der Waals surface area contributed by atoms with Gasteiger partial charge in [0.2, 0.25) is 0 Å². The Bertz CT molecular complexity index is 175. The molecule has 0 aromatic heterocycles. The van der Waals surface area contributed by atoms with Crippen LogP contribution in [0.3, 0.4) is 0 Å². The van der Waals surface area contributed by atoms with Crippen LogP contribution in [0.1, 0.15) is 33.6 Å². The summed E-state index contributed by atoms with van der Waals surface area (Å²) in [7, 11) is 2.02. The van der Waals surface area contributed by atoms with Crippen molar-refractivity contribution >= 4 is 0 Å². The summed E-state index contributed by atoms with van der Waals surface area (Å²) < 4.78 is 5.71. The lowest BCUT2D eigenvalue weighted by Crippen LogP contribution is -2.52. The van der Waals surface area contributed by atoms with Gasteiger partial charge in [-0.25, -0.2) is 0 Å². The number of morpholine rings is 1. The third kappa shape index (κ3) is 3.74. The Labute approximate surface area is 94.2 Å². The molecule has 0 spiro atoms. The second-order valence-electron chi connectivity index (χ2n) is 4.64. The molecule has 15 heavy (non-hydrogen) atoms. The van der Waals surface area contributed by atoms with Crippen molar-refractivity contribution in [1.29, 1.82) is 0 Å². The maximum Gasteiger partial charge on any atom is 0.0674 e. The average molecular weight is 214 g/mol. The first-order valence-corrected chi connectivity index (χ1v) is 6.21. The standard InChI is InChI=1S/C12H26N2O/c1-5-12-9-15-11(3)8-14(12)10(2)6-7-13-4/h10-13H,5-9H2,1-4H3. The van der Waals surface area contributed by atoms with Crippen molar-refractivity contribution in [2.75, 3.05) is 26.7 Å². The van der Waals surface area contributed by atoms with E-state index in [1.54, 1.807) is 0 Å². The molecule has 0 aliphatic carbocycles. The molecular weight excluding hydrogens is 188 g/mol. The number of hydrogen-bond acceptors (Lipinski definition) is 3. The molecule has 1 heterocycles. The minimum atomic E-state index is 0.393. The molecule has 0 aromatic rings. The Balaban J connectivity index is 2.46. The summed E-state index contributed by atoms with van der Waals surface area (Å²) in [5.41, 5.74) is 0. The van der Waals surface area contributed by atoms with Crippen molar-refractivity contribution in [2.24, 2.45) is 0 Å². The van der Waals surface area contributed by atoms with Gasteiger partial charge in [0, 0.05) is 18.6 Å². The number of rotatable bonds is 5. The van der Waals surface area contributed by atoms with E-state index in [1.807, 2.05) is 7.05 Å². The van der Waals surface area contributed by atoms with Gasteiger partial charge in [0.15, 0.2) is 0 Å². The Morgan fingerprint density at radius 1 is 1.53 bits per heavy atom. The van der Waals surface area contributed by atoms with Gasteiger partial charge in [-0.3, -0.25) is 4.90 Å². The lowest BCUT2D eigenvalue weighted by atomic mass is 10.1. The molecule has 0 radical (unpaired) electrons. The molecule has 1 aliphatic heterocycles. The molecule has 0 aromatic carbocycles. The summed E-state index contributed by atoms with van der Waals surface area (Å²) in [5.74, 6) is 0. The predicted molar refractivity (Wildman–Crippen MR) is 64.2 cm³/mol. The summed E-state index contributed by atoms with van der Waals surface area (Å²) in [5, 5.41) is 3.22. The van der Waals surface area contributed by atoms with E-state index < -0.39 is 0 Å². The Kier molecular flexibility index (Phi) is 5.58. The van der Waals surface area contributed by atoms with Gasteiger partial charge in [-0.05, 0) is 40.3 Å². The molecule has 3 heteroatoms. The maximum atomic E-state index is 5.71. The first-order chi connectivity index (χ1) is 7.19. The molecule has 1 N–H and O–H groups in total. The van der Waals surface area contributed by atoms with Crippen LogP contribution in [0.2, 0.25) is 0 Å². The SMILES string of the molecule is CCC1COC(C)CN1C(C)CCNC. The minimum absolute atomic E-state index is 0.393. The smallest absolute Gasteiger partial charge is 0.0674 e. The summed E-state index contributed by atoms with van der Waals surface area (Å²) in [6.07, 6.45) is 2.81. The van der Waals surface area contributed by atoms with E-state index in [4.69, 9.17) is 4.74 Å². The van der Waals surface area contributed by atoms with Gasteiger partial charge in [-0.1, -0.05) is 6.92 Å². The maximum absolute atomic E-state index is 5.71. The third-order valence-corrected chi connectivity index (χ3v) is 3.36. The molecule has 3 unspecified atom stereocenters. The van der Waals surface area contributed by atoms with Crippen molar-refractivity contribution in [2.45, 2.75) is 51.8 Å². The average Bonchev–Trinajstić information content (AvgIpc) is 2.25. The van der Waals surface area contributed by atoms with E-state index in [2.05, 4.69) is 31.0 Å². The van der Waals surface area contributed by atoms with Crippen LogP contribution in [0.5, 0.6) is 0 Å². The normalized spacial score (nSPS) is 30.4. The molecule has 1 fully saturated rings. The zero-order valence-corrected chi connectivity index (χ0v) is 10.6. The van der Waals surface area contributed by atoms with Crippen molar-refractivity contribution in [3.8, 4) is 0 Å². The number of nitrogens with one attached hydrogen (secondary N) is 1. The fraction of sp³-hybridized carbons (Fsp3) is 1.00. The van der Waals surface area contributed by atoms with Crippen LogP contribution in [0.15, 0.2) is 0 Å². The first-order valence-electron chi connectivity index (χ1n) is 6.21. The molecule has 0 amide bonds. The van der Waals surface area contributed by atoms with E-state index in [9.17, 15) is 0 Å². The third-order valence-electron chi connectivity index (χ3n) is 3.36. The first kappa shape index (κ1) is 12.9. The summed E-state index contributed by atoms with van der Waals surface area (Å²) >= 11 is 0. The fourth-order valence-electron chi connectivity index (χ4n) is 2.28. The molecular formula is C12H26N2O. The quantitative estimate of drug-likeness (QED) is 0.750. The van der Waals surface area contributed by atoms with Crippen LogP contribution < -0.4 is 5.32 Å². The van der Waals surface area contributed by atoms with E-state index in [0.717, 1.165) is 19.7 Å². The van der Waals surface area contributed by atoms with Gasteiger partial charge in [-0.15, -0.1) is 0 Å². The van der Waals surface area contributed by atoms with Gasteiger partial charge in [0.1, 0.15) is 0 Å². The van der Waals surface area contributed by atoms with Crippen molar-refractivity contribution in [1.82, 2.24) is 10.2 Å². The van der Waals surface area contributed by atoms with Crippen molar-refractivity contribution in [3.63, 3.8) is 0 Å². The lowest BCUT2D eigenvalue weighted by molar-refractivity contribution is -0.0707. The Morgan fingerprint density at radius 2 is 2.27 bits per heavy atom. The van der Waals surface area contributed by atoms with Crippen LogP contribution in [-0.2, 0) is 4.74 Å². The topological polar surface area (TPSA) is 24.5 Å².